The van der Waals surface area contributed by atoms with Crippen LogP contribution in [0.4, 0.5) is 4.79 Å². The average Bonchev–Trinajstić information content (AvgIpc) is 1.36. The van der Waals surface area contributed by atoms with Crippen LogP contribution in [0.15, 0.2) is 11.3 Å². The number of halogens is 1. The molecule has 1 aromatic rings. The molecule has 6 aliphatic rings. The summed E-state index contributed by atoms with van der Waals surface area (Å²) in [7, 11) is 11.5. The van der Waals surface area contributed by atoms with Crippen LogP contribution >= 0.6 is 65.8 Å². The normalized spacial score (nSPS) is 36.1. The van der Waals surface area contributed by atoms with Gasteiger partial charge in [-0.2, -0.15) is 5.48 Å². The Hall–Kier alpha value is -2.42. The molecular weight excluding hydrogens is 1290 g/mol. The molecule has 2 aliphatic carbocycles. The van der Waals surface area contributed by atoms with E-state index in [0.717, 1.165) is 18.9 Å². The molecule has 20 atom stereocenters. The molecular formula is C55H78IN3O21S4. The average molecular weight is 1370 g/mol. The third-order valence-electron chi connectivity index (χ3n) is 15.3. The summed E-state index contributed by atoms with van der Waals surface area (Å²) in [5, 5.41) is 62.9. The van der Waals surface area contributed by atoms with E-state index in [2.05, 4.69) is 39.8 Å². The van der Waals surface area contributed by atoms with Crippen molar-refractivity contribution in [1.82, 2.24) is 16.1 Å². The first-order valence-electron chi connectivity index (χ1n) is 27.5. The smallest absolute Gasteiger partial charge is 0.411 e. The van der Waals surface area contributed by atoms with Gasteiger partial charge in [0.25, 0.3) is 0 Å². The van der Waals surface area contributed by atoms with Gasteiger partial charge in [0.1, 0.15) is 42.2 Å². The second kappa shape index (κ2) is 31.8. The number of ether oxygens (including phenoxy) is 12. The van der Waals surface area contributed by atoms with E-state index < -0.39 is 132 Å². The monoisotopic (exact) mass is 1370 g/mol. The van der Waals surface area contributed by atoms with Crippen LogP contribution in [0.1, 0.15) is 82.1 Å². The molecule has 24 nitrogen and oxygen atoms in total. The summed E-state index contributed by atoms with van der Waals surface area (Å²) in [6.45, 7) is 9.48. The van der Waals surface area contributed by atoms with Gasteiger partial charge in [-0.05, 0) is 84.9 Å². The van der Waals surface area contributed by atoms with Gasteiger partial charge in [-0.1, -0.05) is 64.0 Å². The van der Waals surface area contributed by atoms with Crippen molar-refractivity contribution < 1.29 is 102 Å². The largest absolute Gasteiger partial charge is 0.492 e. The van der Waals surface area contributed by atoms with Crippen LogP contribution in [0.25, 0.3) is 0 Å². The third kappa shape index (κ3) is 15.9. The fourth-order valence-electron chi connectivity index (χ4n) is 11.0. The van der Waals surface area contributed by atoms with Crippen molar-refractivity contribution in [2.24, 2.45) is 5.92 Å². The lowest BCUT2D eigenvalue weighted by Gasteiger charge is -2.47. The SMILES string of the molecule is CCN[C@H]1CO[C@@H](O[C@H]2[C@H](O[C@H]3C#CCCC#C[C@@]4(O)CC(=O)C(NC(=O)OC)=C3C4CCSSSC)O[C@H](C)[C@@H](NO[C@H]3C[C@H](O)[C@H](SC(=O)c4c(C)c(I)c(O[C@@H]5O[C@@H](C)[C@H](O)[C@@H](OC)[C@H]5O)c(OC)c4OC)[C@@H](C)O3)[C@@H]2O)C[C@@H]1OC. The number of fused-ring (bicyclic) bond motifs is 2. The number of methoxy groups -OCH3 is 5. The molecule has 84 heavy (non-hydrogen) atoms. The maximum atomic E-state index is 14.4. The van der Waals surface area contributed by atoms with Gasteiger partial charge in [0.15, 0.2) is 36.2 Å². The number of carbonyl (C=O) groups is 3. The van der Waals surface area contributed by atoms with E-state index in [1.54, 1.807) is 66.2 Å². The lowest BCUT2D eigenvalue weighted by molar-refractivity contribution is -0.336. The van der Waals surface area contributed by atoms with Crippen LogP contribution in [0.5, 0.6) is 17.2 Å². The number of amides is 1. The lowest BCUT2D eigenvalue weighted by Crippen LogP contribution is -2.65. The number of likely N-dealkylation sites (N-methyl/N-ethyl adjacent to an activating group) is 1. The molecule has 4 heterocycles. The van der Waals surface area contributed by atoms with E-state index in [1.807, 2.05) is 35.8 Å². The number of benzene rings is 1. The Bertz CT molecular complexity index is 2600. The minimum absolute atomic E-state index is 0.0317. The van der Waals surface area contributed by atoms with Gasteiger partial charge >= 0.3 is 6.09 Å². The predicted molar refractivity (Wildman–Crippen MR) is 320 cm³/mol. The molecule has 2 bridgehead atoms. The molecule has 7 rings (SSSR count). The summed E-state index contributed by atoms with van der Waals surface area (Å²) < 4.78 is 72.8. The molecule has 29 heteroatoms. The molecule has 470 valence electrons. The zero-order valence-electron chi connectivity index (χ0n) is 48.6. The molecule has 0 radical (unpaired) electrons. The van der Waals surface area contributed by atoms with Crippen LogP contribution in [-0.2, 0) is 52.3 Å². The Morgan fingerprint density at radius 3 is 2.25 bits per heavy atom. The third-order valence-corrected chi connectivity index (χ3v) is 21.9. The van der Waals surface area contributed by atoms with Crippen molar-refractivity contribution in [3.8, 4) is 40.9 Å². The molecule has 4 fully saturated rings. The Labute approximate surface area is 519 Å². The number of allylic oxidation sites excluding steroid dienone is 1. The Balaban J connectivity index is 1.11. The summed E-state index contributed by atoms with van der Waals surface area (Å²) in [6, 6.07) is -1.23. The number of carbonyl (C=O) groups excluding carboxylic acids is 3. The second-order valence-electron chi connectivity index (χ2n) is 20.7. The zero-order valence-corrected chi connectivity index (χ0v) is 54.0. The van der Waals surface area contributed by atoms with Crippen LogP contribution < -0.4 is 30.3 Å². The van der Waals surface area contributed by atoms with Crippen molar-refractivity contribution in [2.75, 3.05) is 60.7 Å². The van der Waals surface area contributed by atoms with Crippen molar-refractivity contribution in [1.29, 1.82) is 0 Å². The summed E-state index contributed by atoms with van der Waals surface area (Å²) in [5.41, 5.74) is 1.63. The molecule has 1 aromatic carbocycles. The van der Waals surface area contributed by atoms with Crippen LogP contribution in [-0.4, -0.2) is 218 Å². The van der Waals surface area contributed by atoms with E-state index in [4.69, 9.17) is 61.7 Å². The highest BCUT2D eigenvalue weighted by Gasteiger charge is 2.53. The van der Waals surface area contributed by atoms with Crippen molar-refractivity contribution in [3.05, 3.63) is 26.0 Å². The van der Waals surface area contributed by atoms with Crippen molar-refractivity contribution >= 4 is 82.8 Å². The predicted octanol–water partition coefficient (Wildman–Crippen LogP) is 3.50. The highest BCUT2D eigenvalue weighted by atomic mass is 127. The molecule has 8 N–H and O–H groups in total. The number of hydrogen-bond donors (Lipinski definition) is 8. The molecule has 4 aliphatic heterocycles. The van der Waals surface area contributed by atoms with E-state index >= 15 is 0 Å². The molecule has 0 aromatic heterocycles. The fourth-order valence-corrected chi connectivity index (χ4v) is 15.5. The number of hydroxylamine groups is 1. The van der Waals surface area contributed by atoms with E-state index in [1.165, 1.54) is 21.3 Å². The Kier molecular flexibility index (Phi) is 26.2. The summed E-state index contributed by atoms with van der Waals surface area (Å²) >= 11 is 2.84. The molecule has 1 amide bonds. The molecule has 4 saturated heterocycles. The topological polar surface area (TPSA) is 308 Å². The number of thioether (sulfide) groups is 1. The lowest BCUT2D eigenvalue weighted by atomic mass is 9.70. The van der Waals surface area contributed by atoms with Crippen molar-refractivity contribution in [2.45, 2.75) is 188 Å². The minimum Gasteiger partial charge on any atom is -0.492 e. The van der Waals surface area contributed by atoms with Gasteiger partial charge in [-0.15, -0.1) is 0 Å². The first kappa shape index (κ1) is 69.1. The summed E-state index contributed by atoms with van der Waals surface area (Å²) in [6.07, 6.45) is -15.0. The summed E-state index contributed by atoms with van der Waals surface area (Å²) in [4.78, 5) is 47.6. The summed E-state index contributed by atoms with van der Waals surface area (Å²) in [5.74, 6) is 11.4. The number of rotatable bonds is 23. The van der Waals surface area contributed by atoms with Crippen LogP contribution in [0, 0.1) is 40.1 Å². The van der Waals surface area contributed by atoms with Gasteiger partial charge < -0.3 is 87.7 Å². The van der Waals surface area contributed by atoms with Crippen LogP contribution in [0.2, 0.25) is 0 Å². The fraction of sp³-hybridized carbons (Fsp3) is 0.727. The van der Waals surface area contributed by atoms with E-state index in [0.29, 0.717) is 27.9 Å². The molecule has 0 saturated carbocycles. The first-order chi connectivity index (χ1) is 40.2. The number of nitrogens with one attached hydrogen (secondary N) is 3. The number of aliphatic hydroxyl groups is 5. The number of aliphatic hydroxyl groups excluding tert-OH is 4. The Morgan fingerprint density at radius 2 is 1.58 bits per heavy atom. The molecule has 0 spiro atoms. The second-order valence-corrected chi connectivity index (χ2v) is 27.4. The maximum absolute atomic E-state index is 14.4. The highest BCUT2D eigenvalue weighted by molar-refractivity contribution is 14.1. The number of Topliss-reactive ketones (excluding diaryl/α,β-unsaturated/α-hetero) is 1. The van der Waals surface area contributed by atoms with Gasteiger partial charge in [0.05, 0.1) is 97.0 Å². The van der Waals surface area contributed by atoms with Crippen LogP contribution in [0.3, 0.4) is 0 Å². The number of hydrogen-bond acceptors (Lipinski definition) is 27. The van der Waals surface area contributed by atoms with Gasteiger partial charge in [-0.25, -0.2) is 4.79 Å². The van der Waals surface area contributed by atoms with E-state index in [-0.39, 0.29) is 78.5 Å². The maximum Gasteiger partial charge on any atom is 0.411 e. The molecule has 1 unspecified atom stereocenters. The van der Waals surface area contributed by atoms with Gasteiger partial charge in [0, 0.05) is 57.1 Å². The first-order valence-corrected chi connectivity index (χ1v) is 33.5. The van der Waals surface area contributed by atoms with Gasteiger partial charge in [-0.3, -0.25) is 19.7 Å². The Morgan fingerprint density at radius 1 is 0.857 bits per heavy atom. The van der Waals surface area contributed by atoms with Crippen molar-refractivity contribution in [3.63, 3.8) is 0 Å². The zero-order chi connectivity index (χ0) is 61.2. The number of alkyl carbamates (subject to hydrolysis) is 1. The highest BCUT2D eigenvalue weighted by Crippen LogP contribution is 2.49. The minimum atomic E-state index is -1.86. The standard InChI is InChI=1S/C55H78IN3O21S4/c1-12-57-30-24-73-35(22-34(30)68-6)78-48-43(63)40(26(3)75-53(48)77-33-17-15-13-14-16-19-55(67)23-32(61)41(58-54(66)72-10)38(33)29(55)18-20-82-84-81-11)59-80-36-21-31(60)50(28(5)74-36)83-51(65)37-25(2)39(56)46(49(71-9)45(37)69-7)79-52-44(64)47(70-8)42(62)27(4)76-52/h26-31,33-36,40,42-44,47-48,50,52-53,57,59-60,62-64,67H,12-14,18,20-24H2,1-11H3,(H,58,66)/t26-,27+,28-,29?,30+,31+,33+,34+,35+,36+,40-,42+,43+,44-,47-,48-,50-,52+,53+,55-/m1/s1. The number of ketones is 1. The quantitative estimate of drug-likeness (QED) is 0.0256. The van der Waals surface area contributed by atoms with Gasteiger partial charge in [0.2, 0.25) is 17.2 Å². The van der Waals surface area contributed by atoms with E-state index in [9.17, 15) is 39.9 Å².